The Hall–Kier alpha value is -2.61. The van der Waals surface area contributed by atoms with E-state index in [4.69, 9.17) is 0 Å². The number of nitrogens with one attached hydrogen (secondary N) is 1. The molecule has 0 aliphatic heterocycles. The van der Waals surface area contributed by atoms with Crippen molar-refractivity contribution in [2.75, 3.05) is 0 Å². The van der Waals surface area contributed by atoms with Gasteiger partial charge in [0.2, 0.25) is 0 Å². The minimum atomic E-state index is -0.110. The Morgan fingerprint density at radius 2 is 2.00 bits per heavy atom. The molecule has 3 aromatic rings. The summed E-state index contributed by atoms with van der Waals surface area (Å²) in [6.45, 7) is 7.39. The lowest BCUT2D eigenvalue weighted by Crippen LogP contribution is -2.23. The Morgan fingerprint density at radius 3 is 2.60 bits per heavy atom. The van der Waals surface area contributed by atoms with Crippen LogP contribution in [0.15, 0.2) is 36.0 Å². The number of carbonyl (C=O) groups is 1. The van der Waals surface area contributed by atoms with Crippen molar-refractivity contribution in [3.63, 3.8) is 0 Å². The summed E-state index contributed by atoms with van der Waals surface area (Å²) in [4.78, 5) is 16.9. The number of thiazole rings is 1. The van der Waals surface area contributed by atoms with Gasteiger partial charge < -0.3 is 5.32 Å². The van der Waals surface area contributed by atoms with Gasteiger partial charge in [-0.05, 0) is 28.1 Å². The SMILES string of the molecule is CC(C)(C)c1csc(CNC(=O)c2ccc(Cn3cnnn3)cc2)n1. The van der Waals surface area contributed by atoms with Gasteiger partial charge in [0.25, 0.3) is 5.91 Å². The number of benzene rings is 1. The van der Waals surface area contributed by atoms with Crippen molar-refractivity contribution >= 4 is 17.2 Å². The lowest BCUT2D eigenvalue weighted by molar-refractivity contribution is 0.0951. The Kier molecular flexibility index (Phi) is 4.89. The van der Waals surface area contributed by atoms with Gasteiger partial charge in [-0.2, -0.15) is 0 Å². The molecule has 2 heterocycles. The predicted molar refractivity (Wildman–Crippen MR) is 95.3 cm³/mol. The monoisotopic (exact) mass is 356 g/mol. The number of hydrogen-bond donors (Lipinski definition) is 1. The van der Waals surface area contributed by atoms with Gasteiger partial charge in [-0.3, -0.25) is 4.79 Å². The second-order valence-electron chi connectivity index (χ2n) is 6.76. The maximum atomic E-state index is 12.3. The highest BCUT2D eigenvalue weighted by molar-refractivity contribution is 7.09. The van der Waals surface area contributed by atoms with Crippen LogP contribution in [0.4, 0.5) is 0 Å². The highest BCUT2D eigenvalue weighted by atomic mass is 32.1. The van der Waals surface area contributed by atoms with E-state index in [1.165, 1.54) is 0 Å². The highest BCUT2D eigenvalue weighted by Crippen LogP contribution is 2.23. The van der Waals surface area contributed by atoms with Crippen molar-refractivity contribution in [2.45, 2.75) is 39.3 Å². The van der Waals surface area contributed by atoms with Crippen LogP contribution in [0.25, 0.3) is 0 Å². The first-order chi connectivity index (χ1) is 11.9. The zero-order chi connectivity index (χ0) is 17.9. The van der Waals surface area contributed by atoms with Crippen LogP contribution in [0.3, 0.4) is 0 Å². The summed E-state index contributed by atoms with van der Waals surface area (Å²) in [6, 6.07) is 7.41. The minimum absolute atomic E-state index is 0.0220. The summed E-state index contributed by atoms with van der Waals surface area (Å²) in [6.07, 6.45) is 1.56. The number of amides is 1. The summed E-state index contributed by atoms with van der Waals surface area (Å²) in [5, 5.41) is 16.9. The number of aromatic nitrogens is 5. The molecule has 0 saturated heterocycles. The number of tetrazole rings is 1. The number of rotatable bonds is 5. The second kappa shape index (κ2) is 7.10. The van der Waals surface area contributed by atoms with Gasteiger partial charge in [0.15, 0.2) is 0 Å². The molecule has 7 nitrogen and oxygen atoms in total. The van der Waals surface area contributed by atoms with E-state index in [2.05, 4.69) is 52.0 Å². The molecule has 0 spiro atoms. The van der Waals surface area contributed by atoms with E-state index >= 15 is 0 Å². The van der Waals surface area contributed by atoms with Crippen molar-refractivity contribution in [3.05, 3.63) is 57.8 Å². The van der Waals surface area contributed by atoms with Gasteiger partial charge in [0.1, 0.15) is 11.3 Å². The van der Waals surface area contributed by atoms with E-state index in [0.29, 0.717) is 18.7 Å². The standard InChI is InChI=1S/C17H20N6OS/c1-17(2,3)14-10-25-15(20-14)8-18-16(24)13-6-4-12(5-7-13)9-23-11-19-21-22-23/h4-7,10-11H,8-9H2,1-3H3,(H,18,24). The normalized spacial score (nSPS) is 11.5. The maximum absolute atomic E-state index is 12.3. The number of hydrogen-bond acceptors (Lipinski definition) is 6. The molecule has 2 aromatic heterocycles. The summed E-state index contributed by atoms with van der Waals surface area (Å²) in [5.74, 6) is -0.110. The molecule has 0 radical (unpaired) electrons. The van der Waals surface area contributed by atoms with Crippen LogP contribution >= 0.6 is 11.3 Å². The van der Waals surface area contributed by atoms with E-state index < -0.39 is 0 Å². The molecule has 1 N–H and O–H groups in total. The highest BCUT2D eigenvalue weighted by Gasteiger charge is 2.17. The van der Waals surface area contributed by atoms with Crippen molar-refractivity contribution in [2.24, 2.45) is 0 Å². The smallest absolute Gasteiger partial charge is 0.251 e. The second-order valence-corrected chi connectivity index (χ2v) is 7.71. The summed E-state index contributed by atoms with van der Waals surface area (Å²) >= 11 is 1.57. The minimum Gasteiger partial charge on any atom is -0.346 e. The number of nitrogens with zero attached hydrogens (tertiary/aromatic N) is 5. The van der Waals surface area contributed by atoms with Crippen molar-refractivity contribution in [1.82, 2.24) is 30.5 Å². The third-order valence-electron chi connectivity index (χ3n) is 3.67. The molecule has 130 valence electrons. The van der Waals surface area contributed by atoms with Gasteiger partial charge >= 0.3 is 0 Å². The topological polar surface area (TPSA) is 85.6 Å². The molecule has 0 aliphatic carbocycles. The van der Waals surface area contributed by atoms with Crippen molar-refractivity contribution in [3.8, 4) is 0 Å². The Labute approximate surface area is 150 Å². The first kappa shape index (κ1) is 17.2. The van der Waals surface area contributed by atoms with Gasteiger partial charge in [-0.1, -0.05) is 32.9 Å². The number of carbonyl (C=O) groups excluding carboxylic acids is 1. The fourth-order valence-corrected chi connectivity index (χ4v) is 3.16. The van der Waals surface area contributed by atoms with Crippen LogP contribution in [-0.4, -0.2) is 31.1 Å². The fraction of sp³-hybridized carbons (Fsp3) is 0.353. The van der Waals surface area contributed by atoms with E-state index in [-0.39, 0.29) is 11.3 Å². The Bertz CT molecular complexity index is 833. The van der Waals surface area contributed by atoms with Gasteiger partial charge in [-0.25, -0.2) is 9.67 Å². The third-order valence-corrected chi connectivity index (χ3v) is 4.52. The van der Waals surface area contributed by atoms with Crippen LogP contribution in [0.2, 0.25) is 0 Å². The van der Waals surface area contributed by atoms with Crippen LogP contribution < -0.4 is 5.32 Å². The molecule has 0 atom stereocenters. The quantitative estimate of drug-likeness (QED) is 0.759. The average Bonchev–Trinajstić information content (AvgIpc) is 3.24. The Balaban J connectivity index is 1.57. The Morgan fingerprint density at radius 1 is 1.24 bits per heavy atom. The summed E-state index contributed by atoms with van der Waals surface area (Å²) < 4.78 is 1.63. The van der Waals surface area contributed by atoms with Gasteiger partial charge in [0, 0.05) is 16.4 Å². The van der Waals surface area contributed by atoms with Crippen LogP contribution in [-0.2, 0) is 18.5 Å². The summed E-state index contributed by atoms with van der Waals surface area (Å²) in [5.41, 5.74) is 2.72. The third kappa shape index (κ3) is 4.48. The predicted octanol–water partition coefficient (Wildman–Crippen LogP) is 2.41. The van der Waals surface area contributed by atoms with Gasteiger partial charge in [0.05, 0.1) is 18.8 Å². The van der Waals surface area contributed by atoms with E-state index in [0.717, 1.165) is 16.3 Å². The first-order valence-electron chi connectivity index (χ1n) is 7.94. The molecular formula is C17H20N6OS. The van der Waals surface area contributed by atoms with E-state index in [1.54, 1.807) is 34.5 Å². The molecule has 0 aliphatic rings. The molecule has 0 fully saturated rings. The largest absolute Gasteiger partial charge is 0.346 e. The lowest BCUT2D eigenvalue weighted by atomic mass is 9.93. The fourth-order valence-electron chi connectivity index (χ4n) is 2.20. The maximum Gasteiger partial charge on any atom is 0.251 e. The average molecular weight is 356 g/mol. The first-order valence-corrected chi connectivity index (χ1v) is 8.82. The molecular weight excluding hydrogens is 336 g/mol. The van der Waals surface area contributed by atoms with Crippen LogP contribution in [0, 0.1) is 0 Å². The molecule has 8 heteroatoms. The van der Waals surface area contributed by atoms with Crippen molar-refractivity contribution in [1.29, 1.82) is 0 Å². The summed E-state index contributed by atoms with van der Waals surface area (Å²) in [7, 11) is 0. The van der Waals surface area contributed by atoms with Crippen molar-refractivity contribution < 1.29 is 4.79 Å². The molecule has 1 amide bonds. The molecule has 0 unspecified atom stereocenters. The zero-order valence-electron chi connectivity index (χ0n) is 14.4. The van der Waals surface area contributed by atoms with Crippen LogP contribution in [0.5, 0.6) is 0 Å². The van der Waals surface area contributed by atoms with E-state index in [1.807, 2.05) is 12.1 Å². The zero-order valence-corrected chi connectivity index (χ0v) is 15.2. The molecule has 1 aromatic carbocycles. The molecule has 0 bridgehead atoms. The van der Waals surface area contributed by atoms with E-state index in [9.17, 15) is 4.79 Å². The van der Waals surface area contributed by atoms with Crippen LogP contribution in [0.1, 0.15) is 47.4 Å². The molecule has 25 heavy (non-hydrogen) atoms. The molecule has 0 saturated carbocycles. The molecule has 3 rings (SSSR count). The lowest BCUT2D eigenvalue weighted by Gasteiger charge is -2.14. The van der Waals surface area contributed by atoms with Gasteiger partial charge in [-0.15, -0.1) is 16.4 Å².